The second-order valence-electron chi connectivity index (χ2n) is 5.69. The second kappa shape index (κ2) is 8.49. The summed E-state index contributed by atoms with van der Waals surface area (Å²) in [5.74, 6) is 0. The van der Waals surface area contributed by atoms with Crippen molar-refractivity contribution in [3.05, 3.63) is 33.3 Å². The number of ether oxygens (including phenoxy) is 1. The average Bonchev–Trinajstić information content (AvgIpc) is 2.94. The number of nitrogens with one attached hydrogen (secondary N) is 1. The fourth-order valence-electron chi connectivity index (χ4n) is 2.82. The van der Waals surface area contributed by atoms with Crippen molar-refractivity contribution in [3.63, 3.8) is 0 Å². The monoisotopic (exact) mass is 374 g/mol. The molecule has 0 spiro atoms. The van der Waals surface area contributed by atoms with Gasteiger partial charge in [0.2, 0.25) is 0 Å². The highest BCUT2D eigenvalue weighted by atomic mass is 79.9. The Morgan fingerprint density at radius 3 is 2.95 bits per heavy atom. The quantitative estimate of drug-likeness (QED) is 0.783. The van der Waals surface area contributed by atoms with Gasteiger partial charge >= 0.3 is 0 Å². The molecule has 0 aliphatic carbocycles. The lowest BCUT2D eigenvalue weighted by molar-refractivity contribution is 0.0801. The van der Waals surface area contributed by atoms with Crippen LogP contribution in [0.1, 0.15) is 30.9 Å². The Morgan fingerprint density at radius 1 is 1.52 bits per heavy atom. The van der Waals surface area contributed by atoms with E-state index in [1.165, 1.54) is 12.8 Å². The van der Waals surface area contributed by atoms with Crippen LogP contribution >= 0.6 is 27.5 Å². The van der Waals surface area contributed by atoms with Crippen molar-refractivity contribution in [3.8, 4) is 0 Å². The Labute approximate surface area is 141 Å². The first kappa shape index (κ1) is 17.2. The molecule has 0 radical (unpaired) electrons. The Morgan fingerprint density at radius 2 is 2.33 bits per heavy atom. The first-order valence-electron chi connectivity index (χ1n) is 7.52. The zero-order valence-electron chi connectivity index (χ0n) is 12.7. The van der Waals surface area contributed by atoms with E-state index in [-0.39, 0.29) is 6.04 Å². The number of rotatable bonds is 7. The minimum atomic E-state index is 0.276. The van der Waals surface area contributed by atoms with Gasteiger partial charge in [0.05, 0.1) is 6.10 Å². The van der Waals surface area contributed by atoms with E-state index >= 15 is 0 Å². The maximum absolute atomic E-state index is 6.35. The summed E-state index contributed by atoms with van der Waals surface area (Å²) in [4.78, 5) is 2.35. The van der Waals surface area contributed by atoms with Crippen LogP contribution in [0.3, 0.4) is 0 Å². The van der Waals surface area contributed by atoms with Crippen LogP contribution in [-0.2, 0) is 4.74 Å². The minimum absolute atomic E-state index is 0.276. The third-order valence-corrected chi connectivity index (χ3v) is 4.85. The molecule has 1 fully saturated rings. The largest absolute Gasteiger partial charge is 0.377 e. The lowest BCUT2D eigenvalue weighted by Crippen LogP contribution is -2.31. The summed E-state index contributed by atoms with van der Waals surface area (Å²) in [5, 5.41) is 4.18. The van der Waals surface area contributed by atoms with E-state index in [2.05, 4.69) is 39.3 Å². The molecule has 0 amide bonds. The molecule has 1 aromatic carbocycles. The molecule has 1 aliphatic rings. The summed E-state index contributed by atoms with van der Waals surface area (Å²) in [6.45, 7) is 2.97. The third-order valence-electron chi connectivity index (χ3n) is 4.03. The molecular formula is C16H24BrClN2O. The standard InChI is InChI=1S/C16H24BrClN2O/c1-19-16(14-6-5-12(17)10-15(14)18)7-8-20(2)11-13-4-3-9-21-13/h5-6,10,13,16,19H,3-4,7-9,11H2,1-2H3. The van der Waals surface area contributed by atoms with Gasteiger partial charge in [-0.2, -0.15) is 0 Å². The molecule has 2 unspecified atom stereocenters. The fraction of sp³-hybridized carbons (Fsp3) is 0.625. The first-order chi connectivity index (χ1) is 10.1. The van der Waals surface area contributed by atoms with E-state index < -0.39 is 0 Å². The molecular weight excluding hydrogens is 352 g/mol. The highest BCUT2D eigenvalue weighted by Crippen LogP contribution is 2.28. The highest BCUT2D eigenvalue weighted by molar-refractivity contribution is 9.10. The van der Waals surface area contributed by atoms with Gasteiger partial charge in [0.15, 0.2) is 0 Å². The number of nitrogens with zero attached hydrogens (tertiary/aromatic N) is 1. The molecule has 0 aromatic heterocycles. The topological polar surface area (TPSA) is 24.5 Å². The predicted octanol–water partition coefficient (Wildman–Crippen LogP) is 3.86. The fourth-order valence-corrected chi connectivity index (χ4v) is 3.62. The average molecular weight is 376 g/mol. The third kappa shape index (κ3) is 5.22. The van der Waals surface area contributed by atoms with Gasteiger partial charge in [-0.3, -0.25) is 0 Å². The first-order valence-corrected chi connectivity index (χ1v) is 8.69. The summed E-state index contributed by atoms with van der Waals surface area (Å²) in [7, 11) is 4.15. The van der Waals surface area contributed by atoms with E-state index in [1.54, 1.807) is 0 Å². The Hall–Kier alpha value is -0.130. The molecule has 0 bridgehead atoms. The van der Waals surface area contributed by atoms with Crippen LogP contribution in [0.4, 0.5) is 0 Å². The molecule has 21 heavy (non-hydrogen) atoms. The Balaban J connectivity index is 1.86. The van der Waals surface area contributed by atoms with Gasteiger partial charge in [0.25, 0.3) is 0 Å². The van der Waals surface area contributed by atoms with E-state index in [0.717, 1.165) is 41.2 Å². The van der Waals surface area contributed by atoms with E-state index in [4.69, 9.17) is 16.3 Å². The molecule has 1 aromatic rings. The maximum atomic E-state index is 6.35. The molecule has 5 heteroatoms. The van der Waals surface area contributed by atoms with Gasteiger partial charge in [0, 0.05) is 28.7 Å². The van der Waals surface area contributed by atoms with Crippen LogP contribution in [0.5, 0.6) is 0 Å². The van der Waals surface area contributed by atoms with Crippen molar-refractivity contribution in [1.82, 2.24) is 10.2 Å². The molecule has 1 heterocycles. The van der Waals surface area contributed by atoms with Gasteiger partial charge in [0.1, 0.15) is 0 Å². The van der Waals surface area contributed by atoms with Crippen LogP contribution in [0.15, 0.2) is 22.7 Å². The summed E-state index contributed by atoms with van der Waals surface area (Å²) in [6.07, 6.45) is 3.84. The molecule has 118 valence electrons. The smallest absolute Gasteiger partial charge is 0.0702 e. The SMILES string of the molecule is CNC(CCN(C)CC1CCCO1)c1ccc(Br)cc1Cl. The van der Waals surface area contributed by atoms with Crippen LogP contribution in [0, 0.1) is 0 Å². The molecule has 2 rings (SSSR count). The molecule has 3 nitrogen and oxygen atoms in total. The zero-order chi connectivity index (χ0) is 15.2. The van der Waals surface area contributed by atoms with Crippen molar-refractivity contribution in [2.24, 2.45) is 0 Å². The maximum Gasteiger partial charge on any atom is 0.0702 e. The zero-order valence-corrected chi connectivity index (χ0v) is 15.1. The predicted molar refractivity (Wildman–Crippen MR) is 92.0 cm³/mol. The van der Waals surface area contributed by atoms with Crippen molar-refractivity contribution >= 4 is 27.5 Å². The normalized spacial score (nSPS) is 20.1. The Kier molecular flexibility index (Phi) is 6.96. The van der Waals surface area contributed by atoms with Crippen molar-refractivity contribution in [2.45, 2.75) is 31.4 Å². The van der Waals surface area contributed by atoms with Gasteiger partial charge in [-0.1, -0.05) is 33.6 Å². The summed E-state index contributed by atoms with van der Waals surface area (Å²) in [5.41, 5.74) is 1.16. The van der Waals surface area contributed by atoms with E-state index in [9.17, 15) is 0 Å². The van der Waals surface area contributed by atoms with Crippen LogP contribution < -0.4 is 5.32 Å². The number of hydrogen-bond donors (Lipinski definition) is 1. The molecule has 2 atom stereocenters. The molecule has 1 aliphatic heterocycles. The van der Waals surface area contributed by atoms with Gasteiger partial charge in [-0.05, 0) is 57.6 Å². The summed E-state index contributed by atoms with van der Waals surface area (Å²) >= 11 is 9.80. The highest BCUT2D eigenvalue weighted by Gasteiger charge is 2.19. The van der Waals surface area contributed by atoms with E-state index in [0.29, 0.717) is 6.10 Å². The number of halogens is 2. The molecule has 0 saturated carbocycles. The van der Waals surface area contributed by atoms with Gasteiger partial charge in [-0.25, -0.2) is 0 Å². The number of hydrogen-bond acceptors (Lipinski definition) is 3. The second-order valence-corrected chi connectivity index (χ2v) is 7.02. The van der Waals surface area contributed by atoms with Crippen LogP contribution in [-0.4, -0.2) is 44.8 Å². The van der Waals surface area contributed by atoms with Crippen molar-refractivity contribution < 1.29 is 4.74 Å². The lowest BCUT2D eigenvalue weighted by Gasteiger charge is -2.24. The van der Waals surface area contributed by atoms with Crippen molar-refractivity contribution in [2.75, 3.05) is 33.8 Å². The van der Waals surface area contributed by atoms with Crippen molar-refractivity contribution in [1.29, 1.82) is 0 Å². The number of likely N-dealkylation sites (N-methyl/N-ethyl adjacent to an activating group) is 1. The van der Waals surface area contributed by atoms with E-state index in [1.807, 2.05) is 19.2 Å². The Bertz CT molecular complexity index is 452. The minimum Gasteiger partial charge on any atom is -0.377 e. The molecule has 1 N–H and O–H groups in total. The summed E-state index contributed by atoms with van der Waals surface area (Å²) < 4.78 is 6.71. The van der Waals surface area contributed by atoms with Crippen LogP contribution in [0.2, 0.25) is 5.02 Å². The van der Waals surface area contributed by atoms with Gasteiger partial charge < -0.3 is 15.0 Å². The van der Waals surface area contributed by atoms with Gasteiger partial charge in [-0.15, -0.1) is 0 Å². The summed E-state index contributed by atoms with van der Waals surface area (Å²) in [6, 6.07) is 6.37. The lowest BCUT2D eigenvalue weighted by atomic mass is 10.0. The number of benzene rings is 1. The molecule has 1 saturated heterocycles. The van der Waals surface area contributed by atoms with Crippen LogP contribution in [0.25, 0.3) is 0 Å².